The third kappa shape index (κ3) is 11.6. The second-order valence-electron chi connectivity index (χ2n) is 10.2. The van der Waals surface area contributed by atoms with Crippen molar-refractivity contribution in [3.8, 4) is 11.5 Å². The lowest BCUT2D eigenvalue weighted by atomic mass is 9.95. The Labute approximate surface area is 219 Å². The van der Waals surface area contributed by atoms with Crippen molar-refractivity contribution < 1.29 is 33.2 Å². The fraction of sp³-hybridized carbons (Fsp3) is 0.500. The summed E-state index contributed by atoms with van der Waals surface area (Å²) in [4.78, 5) is 23.7. The smallest absolute Gasteiger partial charge is 0.229 e. The SMILES string of the molecule is C1CO1.COc1cccc(NC(=O)C(C)(C)C)c1.COc1cccc(NC(=O)C(C)(C)C)c1CCO.[HH].[HH].[HH]. The van der Waals surface area contributed by atoms with Crippen molar-refractivity contribution in [2.75, 3.05) is 44.7 Å². The Bertz CT molecular complexity index is 987. The third-order valence-electron chi connectivity index (χ3n) is 4.86. The van der Waals surface area contributed by atoms with Gasteiger partial charge in [0.25, 0.3) is 0 Å². The maximum absolute atomic E-state index is 12.0. The van der Waals surface area contributed by atoms with Crippen molar-refractivity contribution in [3.05, 3.63) is 48.0 Å². The molecular weight excluding hydrogens is 460 g/mol. The molecule has 2 amide bonds. The predicted molar refractivity (Wildman–Crippen MR) is 150 cm³/mol. The molecule has 0 aliphatic carbocycles. The van der Waals surface area contributed by atoms with Crippen LogP contribution in [-0.4, -0.2) is 51.0 Å². The van der Waals surface area contributed by atoms with Crippen LogP contribution in [0.25, 0.3) is 0 Å². The topological polar surface area (TPSA) is 109 Å². The van der Waals surface area contributed by atoms with Crippen LogP contribution >= 0.6 is 0 Å². The first-order valence-corrected chi connectivity index (χ1v) is 11.9. The number of amides is 2. The number of aliphatic hydroxyl groups excluding tert-OH is 1. The van der Waals surface area contributed by atoms with Crippen LogP contribution in [-0.2, 0) is 20.7 Å². The number of nitrogens with one attached hydrogen (secondary N) is 2. The molecule has 2 aromatic rings. The average molecular weight is 509 g/mol. The van der Waals surface area contributed by atoms with Gasteiger partial charge >= 0.3 is 0 Å². The summed E-state index contributed by atoms with van der Waals surface area (Å²) in [6.07, 6.45) is 0.448. The van der Waals surface area contributed by atoms with Crippen molar-refractivity contribution in [2.24, 2.45) is 10.8 Å². The molecule has 3 rings (SSSR count). The van der Waals surface area contributed by atoms with Gasteiger partial charge in [-0.2, -0.15) is 0 Å². The Balaban J connectivity index is -0.000000564. The minimum Gasteiger partial charge on any atom is -0.497 e. The number of benzene rings is 2. The Hall–Kier alpha value is -3.10. The number of rotatable bonds is 6. The van der Waals surface area contributed by atoms with Gasteiger partial charge in [-0.05, 0) is 24.3 Å². The monoisotopic (exact) mass is 508 g/mol. The molecule has 0 atom stereocenters. The van der Waals surface area contributed by atoms with Crippen LogP contribution in [0.2, 0.25) is 0 Å². The molecule has 36 heavy (non-hydrogen) atoms. The summed E-state index contributed by atoms with van der Waals surface area (Å²) in [7, 11) is 3.18. The van der Waals surface area contributed by atoms with Crippen molar-refractivity contribution in [1.29, 1.82) is 0 Å². The standard InChI is InChI=1S/C14H21NO3.C12H17NO2.C2H4O.3H2/c1-14(2,3)13(17)15-11-6-5-7-12(18-4)10(11)8-9-16;1-12(2,3)11(14)13-9-6-5-7-10(8-9)15-4;1-2-3-1;;;/h5-7,16H,8-9H2,1-4H3,(H,15,17);5-8H,1-4H3,(H,13,14);1-2H2;3*1H. The van der Waals surface area contributed by atoms with Gasteiger partial charge in [0, 0.05) is 51.1 Å². The summed E-state index contributed by atoms with van der Waals surface area (Å²) in [6, 6.07) is 12.8. The molecule has 1 aliphatic rings. The maximum atomic E-state index is 12.0. The highest BCUT2D eigenvalue weighted by Crippen LogP contribution is 2.28. The highest BCUT2D eigenvalue weighted by atomic mass is 16.6. The lowest BCUT2D eigenvalue weighted by molar-refractivity contribution is -0.123. The number of hydrogen-bond donors (Lipinski definition) is 3. The van der Waals surface area contributed by atoms with E-state index < -0.39 is 5.41 Å². The molecule has 0 spiro atoms. The summed E-state index contributed by atoms with van der Waals surface area (Å²) < 4.78 is 14.8. The van der Waals surface area contributed by atoms with E-state index in [0.29, 0.717) is 17.9 Å². The van der Waals surface area contributed by atoms with Crippen LogP contribution < -0.4 is 20.1 Å². The normalized spacial score (nSPS) is 12.1. The number of hydrogen-bond acceptors (Lipinski definition) is 6. The van der Waals surface area contributed by atoms with Gasteiger partial charge in [0.15, 0.2) is 0 Å². The lowest BCUT2D eigenvalue weighted by Crippen LogP contribution is -2.28. The summed E-state index contributed by atoms with van der Waals surface area (Å²) in [5, 5.41) is 14.8. The first-order valence-electron chi connectivity index (χ1n) is 11.9. The summed E-state index contributed by atoms with van der Waals surface area (Å²) >= 11 is 0. The van der Waals surface area contributed by atoms with Gasteiger partial charge in [0.2, 0.25) is 11.8 Å². The lowest BCUT2D eigenvalue weighted by Gasteiger charge is -2.20. The average Bonchev–Trinajstić information content (AvgIpc) is 3.69. The van der Waals surface area contributed by atoms with Gasteiger partial charge in [-0.1, -0.05) is 53.7 Å². The number of epoxide rings is 1. The van der Waals surface area contributed by atoms with Crippen LogP contribution in [0.15, 0.2) is 42.5 Å². The van der Waals surface area contributed by atoms with E-state index >= 15 is 0 Å². The number of carbonyl (C=O) groups excluding carboxylic acids is 2. The fourth-order valence-corrected chi connectivity index (χ4v) is 2.57. The van der Waals surface area contributed by atoms with E-state index in [-0.39, 0.29) is 28.1 Å². The minimum absolute atomic E-state index is 0. The number of carbonyl (C=O) groups is 2. The minimum atomic E-state index is -0.459. The van der Waals surface area contributed by atoms with Gasteiger partial charge in [-0.15, -0.1) is 0 Å². The number of ether oxygens (including phenoxy) is 3. The molecule has 1 aliphatic heterocycles. The van der Waals surface area contributed by atoms with Crippen LogP contribution in [0, 0.1) is 10.8 Å². The second kappa shape index (κ2) is 14.5. The second-order valence-corrected chi connectivity index (χ2v) is 10.2. The zero-order valence-corrected chi connectivity index (χ0v) is 22.9. The molecule has 0 unspecified atom stereocenters. The Morgan fingerprint density at radius 2 is 1.47 bits per heavy atom. The summed E-state index contributed by atoms with van der Waals surface area (Å²) in [6.45, 7) is 13.2. The van der Waals surface area contributed by atoms with Crippen LogP contribution in [0.4, 0.5) is 11.4 Å². The van der Waals surface area contributed by atoms with E-state index in [1.54, 1.807) is 20.3 Å². The largest absolute Gasteiger partial charge is 0.497 e. The molecule has 0 saturated carbocycles. The molecule has 1 heterocycles. The van der Waals surface area contributed by atoms with Crippen molar-refractivity contribution >= 4 is 23.2 Å². The van der Waals surface area contributed by atoms with E-state index in [1.807, 2.05) is 77.9 Å². The molecule has 0 radical (unpaired) electrons. The Morgan fingerprint density at radius 3 is 1.94 bits per heavy atom. The van der Waals surface area contributed by atoms with Gasteiger partial charge < -0.3 is 30.0 Å². The molecule has 8 heteroatoms. The summed E-state index contributed by atoms with van der Waals surface area (Å²) in [5.74, 6) is 1.35. The van der Waals surface area contributed by atoms with E-state index in [0.717, 1.165) is 30.2 Å². The van der Waals surface area contributed by atoms with E-state index in [9.17, 15) is 9.59 Å². The highest BCUT2D eigenvalue weighted by molar-refractivity contribution is 5.95. The molecule has 1 saturated heterocycles. The van der Waals surface area contributed by atoms with Crippen LogP contribution in [0.1, 0.15) is 51.4 Å². The molecule has 1 fully saturated rings. The van der Waals surface area contributed by atoms with Crippen molar-refractivity contribution in [3.63, 3.8) is 0 Å². The molecule has 206 valence electrons. The van der Waals surface area contributed by atoms with Gasteiger partial charge in [-0.25, -0.2) is 0 Å². The van der Waals surface area contributed by atoms with Crippen LogP contribution in [0.3, 0.4) is 0 Å². The molecular formula is C28H48N2O6. The maximum Gasteiger partial charge on any atom is 0.229 e. The van der Waals surface area contributed by atoms with Gasteiger partial charge in [0.05, 0.1) is 27.4 Å². The van der Waals surface area contributed by atoms with Crippen molar-refractivity contribution in [2.45, 2.75) is 48.0 Å². The highest BCUT2D eigenvalue weighted by Gasteiger charge is 2.23. The quantitative estimate of drug-likeness (QED) is 0.435. The van der Waals surface area contributed by atoms with Gasteiger partial charge in [-0.3, -0.25) is 9.59 Å². The number of methoxy groups -OCH3 is 2. The van der Waals surface area contributed by atoms with E-state index in [4.69, 9.17) is 14.6 Å². The molecule has 0 aromatic heterocycles. The predicted octanol–water partition coefficient (Wildman–Crippen LogP) is 5.65. The number of anilines is 2. The molecule has 8 nitrogen and oxygen atoms in total. The van der Waals surface area contributed by atoms with E-state index in [2.05, 4.69) is 15.4 Å². The van der Waals surface area contributed by atoms with E-state index in [1.165, 1.54) is 0 Å². The first kappa shape index (κ1) is 30.9. The van der Waals surface area contributed by atoms with Crippen molar-refractivity contribution in [1.82, 2.24) is 0 Å². The third-order valence-corrected chi connectivity index (χ3v) is 4.86. The Kier molecular flexibility index (Phi) is 12.4. The Morgan fingerprint density at radius 1 is 0.917 bits per heavy atom. The first-order chi connectivity index (χ1) is 16.8. The van der Waals surface area contributed by atoms with Crippen LogP contribution in [0.5, 0.6) is 11.5 Å². The molecule has 0 bridgehead atoms. The zero-order valence-electron chi connectivity index (χ0n) is 22.9. The molecule has 2 aromatic carbocycles. The zero-order chi connectivity index (χ0) is 27.4. The van der Waals surface area contributed by atoms with Gasteiger partial charge in [0.1, 0.15) is 11.5 Å². The summed E-state index contributed by atoms with van der Waals surface area (Å²) in [5.41, 5.74) is 1.43. The fourth-order valence-electron chi connectivity index (χ4n) is 2.57. The number of aliphatic hydroxyl groups is 1. The molecule has 3 N–H and O–H groups in total.